The number of rotatable bonds is 3. The number of piperidine rings is 1. The van der Waals surface area contributed by atoms with Crippen LogP contribution >= 0.6 is 0 Å². The molecule has 5 heteroatoms. The summed E-state index contributed by atoms with van der Waals surface area (Å²) in [5, 5.41) is 2.89. The van der Waals surface area contributed by atoms with E-state index in [1.165, 1.54) is 13.8 Å². The van der Waals surface area contributed by atoms with Gasteiger partial charge in [0.1, 0.15) is 0 Å². The summed E-state index contributed by atoms with van der Waals surface area (Å²) in [6, 6.07) is -0.650. The lowest BCUT2D eigenvalue weighted by molar-refractivity contribution is -0.129. The monoisotopic (exact) mass is 220 g/mol. The fourth-order valence-corrected chi connectivity index (χ4v) is 1.81. The van der Waals surface area contributed by atoms with E-state index in [1.807, 2.05) is 0 Å². The molecule has 1 atom stereocenters. The number of halogens is 2. The zero-order valence-electron chi connectivity index (χ0n) is 9.17. The van der Waals surface area contributed by atoms with Gasteiger partial charge in [0.15, 0.2) is 0 Å². The maximum Gasteiger partial charge on any atom is 0.253 e. The van der Waals surface area contributed by atoms with E-state index in [4.69, 9.17) is 0 Å². The number of nitrogens with one attached hydrogen (secondary N) is 1. The van der Waals surface area contributed by atoms with Crippen molar-refractivity contribution >= 4 is 5.91 Å². The van der Waals surface area contributed by atoms with E-state index in [-0.39, 0.29) is 11.9 Å². The van der Waals surface area contributed by atoms with E-state index in [2.05, 4.69) is 5.32 Å². The first-order chi connectivity index (χ1) is 7.00. The van der Waals surface area contributed by atoms with Gasteiger partial charge in [-0.15, -0.1) is 0 Å². The SMILES string of the molecule is CC(=O)N1CCC(NC(C)C(F)F)CC1. The van der Waals surface area contributed by atoms with Crippen molar-refractivity contribution in [2.24, 2.45) is 0 Å². The molecular formula is C10H18F2N2O. The van der Waals surface area contributed by atoms with Gasteiger partial charge in [0.25, 0.3) is 6.43 Å². The first-order valence-corrected chi connectivity index (χ1v) is 5.30. The first-order valence-electron chi connectivity index (χ1n) is 5.30. The fraction of sp³-hybridized carbons (Fsp3) is 0.900. The summed E-state index contributed by atoms with van der Waals surface area (Å²) in [6.45, 7) is 4.36. The Hall–Kier alpha value is -0.710. The van der Waals surface area contributed by atoms with Gasteiger partial charge in [-0.1, -0.05) is 0 Å². The van der Waals surface area contributed by atoms with Crippen molar-refractivity contribution in [1.82, 2.24) is 10.2 Å². The van der Waals surface area contributed by atoms with Crippen LogP contribution in [-0.2, 0) is 4.79 Å². The van der Waals surface area contributed by atoms with Crippen LogP contribution in [-0.4, -0.2) is 42.4 Å². The Labute approximate surface area is 88.8 Å². The van der Waals surface area contributed by atoms with E-state index in [0.29, 0.717) is 13.1 Å². The topological polar surface area (TPSA) is 32.3 Å². The van der Waals surface area contributed by atoms with Crippen molar-refractivity contribution < 1.29 is 13.6 Å². The third kappa shape index (κ3) is 3.74. The molecule has 0 aromatic heterocycles. The molecule has 88 valence electrons. The predicted octanol–water partition coefficient (Wildman–Crippen LogP) is 1.24. The van der Waals surface area contributed by atoms with E-state index in [0.717, 1.165) is 12.8 Å². The molecule has 15 heavy (non-hydrogen) atoms. The molecule has 1 rings (SSSR count). The van der Waals surface area contributed by atoms with Crippen molar-refractivity contribution in [2.75, 3.05) is 13.1 Å². The lowest BCUT2D eigenvalue weighted by Gasteiger charge is -2.33. The summed E-state index contributed by atoms with van der Waals surface area (Å²) in [6.07, 6.45) is -0.802. The van der Waals surface area contributed by atoms with Crippen molar-refractivity contribution in [1.29, 1.82) is 0 Å². The van der Waals surface area contributed by atoms with E-state index < -0.39 is 12.5 Å². The summed E-state index contributed by atoms with van der Waals surface area (Å²) >= 11 is 0. The molecule has 1 aliphatic rings. The summed E-state index contributed by atoms with van der Waals surface area (Å²) in [4.78, 5) is 12.8. The number of alkyl halides is 2. The molecule has 3 nitrogen and oxygen atoms in total. The smallest absolute Gasteiger partial charge is 0.253 e. The number of likely N-dealkylation sites (tertiary alicyclic amines) is 1. The van der Waals surface area contributed by atoms with Crippen molar-refractivity contribution in [3.63, 3.8) is 0 Å². The number of hydrogen-bond donors (Lipinski definition) is 1. The number of carbonyl (C=O) groups excluding carboxylic acids is 1. The number of amides is 1. The van der Waals surface area contributed by atoms with Gasteiger partial charge in [0.2, 0.25) is 5.91 Å². The zero-order chi connectivity index (χ0) is 11.4. The highest BCUT2D eigenvalue weighted by molar-refractivity contribution is 5.73. The molecule has 1 amide bonds. The van der Waals surface area contributed by atoms with Crippen LogP contribution < -0.4 is 5.32 Å². The average molecular weight is 220 g/mol. The molecular weight excluding hydrogens is 202 g/mol. The molecule has 0 radical (unpaired) electrons. The van der Waals surface area contributed by atoms with Crippen molar-refractivity contribution in [3.05, 3.63) is 0 Å². The number of nitrogens with zero attached hydrogens (tertiary/aromatic N) is 1. The second kappa shape index (κ2) is 5.39. The number of hydrogen-bond acceptors (Lipinski definition) is 2. The molecule has 0 aromatic rings. The van der Waals surface area contributed by atoms with E-state index in [1.54, 1.807) is 4.90 Å². The minimum absolute atomic E-state index is 0.0651. The highest BCUT2D eigenvalue weighted by Crippen LogP contribution is 2.12. The van der Waals surface area contributed by atoms with Gasteiger partial charge in [-0.2, -0.15) is 0 Å². The van der Waals surface area contributed by atoms with Gasteiger partial charge in [-0.25, -0.2) is 8.78 Å². The molecule has 1 unspecified atom stereocenters. The van der Waals surface area contributed by atoms with Crippen molar-refractivity contribution in [2.45, 2.75) is 45.2 Å². The van der Waals surface area contributed by atoms with Crippen LogP contribution in [0.1, 0.15) is 26.7 Å². The molecule has 0 spiro atoms. The Bertz CT molecular complexity index is 215. The lowest BCUT2D eigenvalue weighted by atomic mass is 10.0. The van der Waals surface area contributed by atoms with Gasteiger partial charge in [0, 0.05) is 26.1 Å². The number of carbonyl (C=O) groups is 1. The van der Waals surface area contributed by atoms with Crippen LogP contribution in [0.2, 0.25) is 0 Å². The van der Waals surface area contributed by atoms with Crippen LogP contribution in [0.25, 0.3) is 0 Å². The fourth-order valence-electron chi connectivity index (χ4n) is 1.81. The maximum atomic E-state index is 12.3. The molecule has 1 aliphatic heterocycles. The third-order valence-electron chi connectivity index (χ3n) is 2.82. The quantitative estimate of drug-likeness (QED) is 0.776. The molecule has 1 heterocycles. The molecule has 1 N–H and O–H groups in total. The van der Waals surface area contributed by atoms with Gasteiger partial charge < -0.3 is 10.2 Å². The summed E-state index contributed by atoms with van der Waals surface area (Å²) in [7, 11) is 0. The Morgan fingerprint density at radius 3 is 2.33 bits per heavy atom. The van der Waals surface area contributed by atoms with Crippen LogP contribution in [0.5, 0.6) is 0 Å². The molecule has 0 saturated carbocycles. The Balaban J connectivity index is 2.28. The Kier molecular flexibility index (Phi) is 4.45. The van der Waals surface area contributed by atoms with Crippen LogP contribution in [0, 0.1) is 0 Å². The van der Waals surface area contributed by atoms with Gasteiger partial charge in [-0.3, -0.25) is 4.79 Å². The van der Waals surface area contributed by atoms with Gasteiger partial charge in [-0.05, 0) is 19.8 Å². The van der Waals surface area contributed by atoms with Gasteiger partial charge >= 0.3 is 0 Å². The summed E-state index contributed by atoms with van der Waals surface area (Å²) < 4.78 is 24.5. The van der Waals surface area contributed by atoms with E-state index in [9.17, 15) is 13.6 Å². The highest BCUT2D eigenvalue weighted by Gasteiger charge is 2.24. The molecule has 0 bridgehead atoms. The Morgan fingerprint density at radius 2 is 1.93 bits per heavy atom. The Morgan fingerprint density at radius 1 is 1.40 bits per heavy atom. The van der Waals surface area contributed by atoms with E-state index >= 15 is 0 Å². The minimum atomic E-state index is -2.32. The largest absolute Gasteiger partial charge is 0.343 e. The summed E-state index contributed by atoms with van der Waals surface area (Å²) in [5.41, 5.74) is 0. The highest BCUT2D eigenvalue weighted by atomic mass is 19.3. The third-order valence-corrected chi connectivity index (χ3v) is 2.82. The zero-order valence-corrected chi connectivity index (χ0v) is 9.17. The minimum Gasteiger partial charge on any atom is -0.343 e. The molecule has 0 aliphatic carbocycles. The normalized spacial score (nSPS) is 20.7. The van der Waals surface area contributed by atoms with Crippen molar-refractivity contribution in [3.8, 4) is 0 Å². The molecule has 1 fully saturated rings. The molecule has 1 saturated heterocycles. The second-order valence-corrected chi connectivity index (χ2v) is 4.07. The van der Waals surface area contributed by atoms with Crippen LogP contribution in [0.3, 0.4) is 0 Å². The molecule has 0 aromatic carbocycles. The first kappa shape index (κ1) is 12.4. The predicted molar refractivity (Wildman–Crippen MR) is 53.9 cm³/mol. The second-order valence-electron chi connectivity index (χ2n) is 4.07. The van der Waals surface area contributed by atoms with Crippen LogP contribution in [0.15, 0.2) is 0 Å². The van der Waals surface area contributed by atoms with Gasteiger partial charge in [0.05, 0.1) is 6.04 Å². The standard InChI is InChI=1S/C10H18F2N2O/c1-7(10(11)12)13-9-3-5-14(6-4-9)8(2)15/h7,9-10,13H,3-6H2,1-2H3. The summed E-state index contributed by atoms with van der Waals surface area (Å²) in [5.74, 6) is 0.0651. The lowest BCUT2D eigenvalue weighted by Crippen LogP contribution is -2.48. The maximum absolute atomic E-state index is 12.3. The average Bonchev–Trinajstić information content (AvgIpc) is 2.18. The van der Waals surface area contributed by atoms with Crippen LogP contribution in [0.4, 0.5) is 8.78 Å².